The van der Waals surface area contributed by atoms with Crippen LogP contribution in [0, 0.1) is 6.92 Å². The third-order valence-corrected chi connectivity index (χ3v) is 6.07. The average molecular weight is 467 g/mol. The lowest BCUT2D eigenvalue weighted by Crippen LogP contribution is -2.48. The number of benzene rings is 1. The molecule has 0 atom stereocenters. The molecule has 9 nitrogen and oxygen atoms in total. The Labute approximate surface area is 201 Å². The number of hydrazone groups is 1. The monoisotopic (exact) mass is 466 g/mol. The lowest BCUT2D eigenvalue weighted by atomic mass is 10.2. The first kappa shape index (κ1) is 24.0. The number of carbonyl (C=O) groups is 1. The van der Waals surface area contributed by atoms with Gasteiger partial charge in [0.1, 0.15) is 6.61 Å². The topological polar surface area (TPSA) is 82.5 Å². The van der Waals surface area contributed by atoms with Gasteiger partial charge in [-0.05, 0) is 12.5 Å². The van der Waals surface area contributed by atoms with E-state index in [0.717, 1.165) is 57.1 Å². The highest BCUT2D eigenvalue weighted by molar-refractivity contribution is 5.80. The van der Waals surface area contributed by atoms with Crippen molar-refractivity contribution >= 4 is 23.6 Å². The van der Waals surface area contributed by atoms with Gasteiger partial charge in [-0.25, -0.2) is 0 Å². The highest BCUT2D eigenvalue weighted by Crippen LogP contribution is 2.25. The van der Waals surface area contributed by atoms with Crippen molar-refractivity contribution in [2.24, 2.45) is 5.10 Å². The number of anilines is 2. The summed E-state index contributed by atoms with van der Waals surface area (Å²) in [7, 11) is 0. The van der Waals surface area contributed by atoms with Crippen LogP contribution in [0.4, 0.5) is 11.5 Å². The van der Waals surface area contributed by atoms with Gasteiger partial charge < -0.3 is 19.3 Å². The molecule has 0 radical (unpaired) electrons. The quantitative estimate of drug-likeness (QED) is 0.472. The number of piperazine rings is 1. The van der Waals surface area contributed by atoms with Gasteiger partial charge in [0.15, 0.2) is 5.82 Å². The molecule has 0 unspecified atom stereocenters. The minimum absolute atomic E-state index is 0.144. The van der Waals surface area contributed by atoms with Crippen LogP contribution in [-0.2, 0) is 9.53 Å². The summed E-state index contributed by atoms with van der Waals surface area (Å²) in [5.74, 6) is 1.35. The summed E-state index contributed by atoms with van der Waals surface area (Å²) in [5.41, 5.74) is 6.31. The first-order valence-electron chi connectivity index (χ1n) is 11.9. The number of pyridine rings is 1. The van der Waals surface area contributed by atoms with Crippen LogP contribution in [0.15, 0.2) is 41.5 Å². The molecule has 0 saturated carbocycles. The number of aryl methyl sites for hydroxylation is 1. The fourth-order valence-electron chi connectivity index (χ4n) is 4.12. The maximum Gasteiger partial charge on any atom is 0.219 e. The molecule has 2 aliphatic heterocycles. The Morgan fingerprint density at radius 2 is 1.94 bits per heavy atom. The van der Waals surface area contributed by atoms with Crippen molar-refractivity contribution in [3.8, 4) is 5.88 Å². The van der Waals surface area contributed by atoms with Gasteiger partial charge in [0.2, 0.25) is 11.8 Å². The van der Waals surface area contributed by atoms with Crippen LogP contribution < -0.4 is 15.1 Å². The van der Waals surface area contributed by atoms with Crippen LogP contribution in [0.5, 0.6) is 5.88 Å². The highest BCUT2D eigenvalue weighted by atomic mass is 16.5. The summed E-state index contributed by atoms with van der Waals surface area (Å²) < 4.78 is 11.6. The maximum atomic E-state index is 11.5. The molecule has 0 spiro atoms. The Balaban J connectivity index is 1.38. The van der Waals surface area contributed by atoms with Gasteiger partial charge in [0, 0.05) is 70.6 Å². The van der Waals surface area contributed by atoms with E-state index in [1.165, 1.54) is 5.56 Å². The Morgan fingerprint density at radius 1 is 1.15 bits per heavy atom. The van der Waals surface area contributed by atoms with Crippen LogP contribution in [0.25, 0.3) is 0 Å². The van der Waals surface area contributed by atoms with Crippen molar-refractivity contribution in [2.75, 3.05) is 76.0 Å². The number of amides is 1. The van der Waals surface area contributed by atoms with E-state index in [4.69, 9.17) is 9.47 Å². The lowest BCUT2D eigenvalue weighted by Gasteiger charge is -2.34. The largest absolute Gasteiger partial charge is 0.476 e. The van der Waals surface area contributed by atoms with Crippen LogP contribution in [0.2, 0.25) is 0 Å². The summed E-state index contributed by atoms with van der Waals surface area (Å²) in [4.78, 5) is 22.6. The zero-order valence-electron chi connectivity index (χ0n) is 20.1. The summed E-state index contributed by atoms with van der Waals surface area (Å²) in [5, 5.41) is 4.38. The second-order valence-corrected chi connectivity index (χ2v) is 8.63. The van der Waals surface area contributed by atoms with Crippen molar-refractivity contribution in [3.63, 3.8) is 0 Å². The molecule has 34 heavy (non-hydrogen) atoms. The average Bonchev–Trinajstić information content (AvgIpc) is 2.85. The summed E-state index contributed by atoms with van der Waals surface area (Å²) >= 11 is 0. The van der Waals surface area contributed by atoms with Gasteiger partial charge >= 0.3 is 0 Å². The highest BCUT2D eigenvalue weighted by Gasteiger charge is 2.19. The van der Waals surface area contributed by atoms with Crippen LogP contribution in [0.1, 0.15) is 18.1 Å². The van der Waals surface area contributed by atoms with E-state index in [1.807, 2.05) is 29.2 Å². The number of ether oxygens (including phenoxy) is 2. The Hall–Kier alpha value is -3.17. The fraction of sp³-hybridized carbons (Fsp3) is 0.480. The number of morpholine rings is 1. The summed E-state index contributed by atoms with van der Waals surface area (Å²) in [6.07, 6.45) is 1.79. The number of hydrogen-bond acceptors (Lipinski definition) is 8. The van der Waals surface area contributed by atoms with Gasteiger partial charge in [0.25, 0.3) is 0 Å². The third-order valence-electron chi connectivity index (χ3n) is 6.07. The van der Waals surface area contributed by atoms with E-state index >= 15 is 0 Å². The van der Waals surface area contributed by atoms with Crippen LogP contribution in [-0.4, -0.2) is 92.5 Å². The van der Waals surface area contributed by atoms with Crippen molar-refractivity contribution in [1.29, 1.82) is 0 Å². The van der Waals surface area contributed by atoms with E-state index < -0.39 is 0 Å². The maximum absolute atomic E-state index is 11.5. The molecule has 2 aromatic rings. The number of nitrogens with zero attached hydrogens (tertiary/aromatic N) is 5. The molecule has 0 aliphatic carbocycles. The SMILES string of the molecule is CC(=O)N1CCN(CCOc2cc(N3CCOCC3)cc(N/N=C/c3cccc(C)c3)n2)CC1. The van der Waals surface area contributed by atoms with Crippen LogP contribution >= 0.6 is 0 Å². The Morgan fingerprint density at radius 3 is 2.68 bits per heavy atom. The second-order valence-electron chi connectivity index (χ2n) is 8.63. The zero-order valence-corrected chi connectivity index (χ0v) is 20.1. The number of hydrogen-bond donors (Lipinski definition) is 1. The van der Waals surface area contributed by atoms with E-state index in [0.29, 0.717) is 31.5 Å². The molecular formula is C25H34N6O3. The van der Waals surface area contributed by atoms with E-state index in [2.05, 4.69) is 44.4 Å². The standard InChI is InChI=1S/C25H34N6O3/c1-20-4-3-5-22(16-20)19-26-28-24-17-23(31-11-13-33-14-12-31)18-25(27-24)34-15-10-29-6-8-30(9-7-29)21(2)32/h3-5,16-19H,6-15H2,1-2H3,(H,27,28)/b26-19+. The van der Waals surface area contributed by atoms with E-state index in [-0.39, 0.29) is 5.91 Å². The minimum Gasteiger partial charge on any atom is -0.476 e. The van der Waals surface area contributed by atoms with Gasteiger partial charge in [-0.3, -0.25) is 15.1 Å². The van der Waals surface area contributed by atoms with Crippen molar-refractivity contribution in [2.45, 2.75) is 13.8 Å². The van der Waals surface area contributed by atoms with Crippen molar-refractivity contribution < 1.29 is 14.3 Å². The molecule has 2 fully saturated rings. The lowest BCUT2D eigenvalue weighted by molar-refractivity contribution is -0.130. The van der Waals surface area contributed by atoms with Crippen molar-refractivity contribution in [1.82, 2.24) is 14.8 Å². The predicted octanol–water partition coefficient (Wildman–Crippen LogP) is 2.22. The van der Waals surface area contributed by atoms with E-state index in [1.54, 1.807) is 13.1 Å². The first-order chi connectivity index (χ1) is 16.6. The number of rotatable bonds is 8. The number of aromatic nitrogens is 1. The Bertz CT molecular complexity index is 984. The van der Waals surface area contributed by atoms with Gasteiger partial charge in [-0.2, -0.15) is 10.1 Å². The molecule has 1 N–H and O–H groups in total. The Kier molecular flexibility index (Phi) is 8.32. The molecule has 1 aromatic heterocycles. The predicted molar refractivity (Wildman–Crippen MR) is 134 cm³/mol. The van der Waals surface area contributed by atoms with Gasteiger partial charge in [-0.15, -0.1) is 0 Å². The zero-order chi connectivity index (χ0) is 23.8. The van der Waals surface area contributed by atoms with Crippen molar-refractivity contribution in [3.05, 3.63) is 47.5 Å². The second kappa shape index (κ2) is 11.8. The molecule has 4 rings (SSSR count). The molecular weight excluding hydrogens is 432 g/mol. The number of carbonyl (C=O) groups excluding carboxylic acids is 1. The summed E-state index contributed by atoms with van der Waals surface area (Å²) in [6.45, 7) is 11.4. The molecule has 9 heteroatoms. The molecule has 182 valence electrons. The van der Waals surface area contributed by atoms with Gasteiger partial charge in [-0.1, -0.05) is 29.8 Å². The van der Waals surface area contributed by atoms with Crippen LogP contribution in [0.3, 0.4) is 0 Å². The van der Waals surface area contributed by atoms with E-state index in [9.17, 15) is 4.79 Å². The van der Waals surface area contributed by atoms with Gasteiger partial charge in [0.05, 0.1) is 19.4 Å². The summed E-state index contributed by atoms with van der Waals surface area (Å²) in [6, 6.07) is 12.1. The number of nitrogens with one attached hydrogen (secondary N) is 1. The molecule has 1 aromatic carbocycles. The molecule has 2 aliphatic rings. The normalized spacial score (nSPS) is 17.2. The third kappa shape index (κ3) is 6.91. The fourth-order valence-corrected chi connectivity index (χ4v) is 4.12. The first-order valence-corrected chi connectivity index (χ1v) is 11.9. The molecule has 2 saturated heterocycles. The molecule has 3 heterocycles. The molecule has 0 bridgehead atoms. The molecule has 1 amide bonds. The minimum atomic E-state index is 0.144. The smallest absolute Gasteiger partial charge is 0.219 e.